The van der Waals surface area contributed by atoms with Crippen LogP contribution in [0.15, 0.2) is 0 Å². The molecule has 100 valence electrons. The molecule has 0 aliphatic rings. The molecule has 0 heterocycles. The summed E-state index contributed by atoms with van der Waals surface area (Å²) in [7, 11) is 0. The van der Waals surface area contributed by atoms with Gasteiger partial charge < -0.3 is 20.8 Å². The van der Waals surface area contributed by atoms with Crippen molar-refractivity contribution in [1.82, 2.24) is 10.6 Å². The largest absolute Gasteiger partial charge is 0.394 e. The highest BCUT2D eigenvalue weighted by atomic mass is 16.3. The van der Waals surface area contributed by atoms with E-state index in [1.807, 2.05) is 0 Å². The van der Waals surface area contributed by atoms with E-state index in [2.05, 4.69) is 10.6 Å². The van der Waals surface area contributed by atoms with E-state index in [-0.39, 0.29) is 25.7 Å². The van der Waals surface area contributed by atoms with Crippen LogP contribution >= 0.6 is 0 Å². The maximum absolute atomic E-state index is 11.5. The Hall–Kier alpha value is -1.14. The zero-order valence-corrected chi connectivity index (χ0v) is 10.8. The van der Waals surface area contributed by atoms with Crippen molar-refractivity contribution in [2.24, 2.45) is 5.41 Å². The summed E-state index contributed by atoms with van der Waals surface area (Å²) in [5.41, 5.74) is -1.62. The number of aliphatic hydroxyl groups is 2. The van der Waals surface area contributed by atoms with Gasteiger partial charge in [0.25, 0.3) is 0 Å². The second-order valence-corrected chi connectivity index (χ2v) is 5.36. The summed E-state index contributed by atoms with van der Waals surface area (Å²) in [6, 6.07) is 0. The summed E-state index contributed by atoms with van der Waals surface area (Å²) in [6.07, 6.45) is 0. The lowest BCUT2D eigenvalue weighted by molar-refractivity contribution is -0.132. The van der Waals surface area contributed by atoms with Gasteiger partial charge in [0, 0.05) is 5.41 Å². The summed E-state index contributed by atoms with van der Waals surface area (Å²) < 4.78 is 0. The minimum Gasteiger partial charge on any atom is -0.394 e. The topological polar surface area (TPSA) is 98.7 Å². The first kappa shape index (κ1) is 15.9. The Kier molecular flexibility index (Phi) is 5.57. The maximum atomic E-state index is 11.5. The quantitative estimate of drug-likeness (QED) is 0.500. The highest BCUT2D eigenvalue weighted by Crippen LogP contribution is 2.11. The Morgan fingerprint density at radius 3 is 1.88 bits per heavy atom. The lowest BCUT2D eigenvalue weighted by Crippen LogP contribution is -2.54. The summed E-state index contributed by atoms with van der Waals surface area (Å²) in [5.74, 6) is -0.685. The first-order chi connectivity index (χ1) is 7.64. The smallest absolute Gasteiger partial charge is 0.239 e. The molecule has 2 amide bonds. The van der Waals surface area contributed by atoms with Gasteiger partial charge in [-0.3, -0.25) is 9.59 Å². The lowest BCUT2D eigenvalue weighted by atomic mass is 9.96. The standard InChI is InChI=1S/C11H22N2O4/c1-10(2,3)9(17)12-5-8(16)13-11(4,6-14)7-15/h14-15H,5-7H2,1-4H3,(H,12,17)(H,13,16). The van der Waals surface area contributed by atoms with E-state index in [0.717, 1.165) is 0 Å². The van der Waals surface area contributed by atoms with Crippen molar-refractivity contribution in [3.63, 3.8) is 0 Å². The molecule has 0 unspecified atom stereocenters. The highest BCUT2D eigenvalue weighted by Gasteiger charge is 2.26. The number of nitrogens with one attached hydrogen (secondary N) is 2. The Morgan fingerprint density at radius 2 is 1.53 bits per heavy atom. The van der Waals surface area contributed by atoms with Gasteiger partial charge in [0.05, 0.1) is 25.3 Å². The average Bonchev–Trinajstić information content (AvgIpc) is 2.24. The Bertz CT molecular complexity index is 280. The highest BCUT2D eigenvalue weighted by molar-refractivity contribution is 5.87. The van der Waals surface area contributed by atoms with Crippen LogP contribution in [0.2, 0.25) is 0 Å². The van der Waals surface area contributed by atoms with Gasteiger partial charge in [-0.05, 0) is 6.92 Å². The molecule has 0 rings (SSSR count). The first-order valence-electron chi connectivity index (χ1n) is 5.45. The molecule has 0 aromatic carbocycles. The second-order valence-electron chi connectivity index (χ2n) is 5.36. The lowest BCUT2D eigenvalue weighted by Gasteiger charge is -2.26. The molecule has 0 aliphatic heterocycles. The van der Waals surface area contributed by atoms with Crippen molar-refractivity contribution in [3.8, 4) is 0 Å². The zero-order chi connectivity index (χ0) is 13.7. The summed E-state index contributed by atoms with van der Waals surface area (Å²) in [5, 5.41) is 22.9. The fourth-order valence-electron chi connectivity index (χ4n) is 0.936. The normalized spacial score (nSPS) is 12.1. The van der Waals surface area contributed by atoms with Crippen LogP contribution in [0.25, 0.3) is 0 Å². The van der Waals surface area contributed by atoms with Crippen molar-refractivity contribution in [2.45, 2.75) is 33.2 Å². The van der Waals surface area contributed by atoms with Gasteiger partial charge in [-0.15, -0.1) is 0 Å². The van der Waals surface area contributed by atoms with Gasteiger partial charge in [0.2, 0.25) is 11.8 Å². The van der Waals surface area contributed by atoms with Crippen molar-refractivity contribution >= 4 is 11.8 Å². The van der Waals surface area contributed by atoms with Crippen LogP contribution in [0.1, 0.15) is 27.7 Å². The number of carbonyl (C=O) groups excluding carboxylic acids is 2. The SMILES string of the molecule is CC(CO)(CO)NC(=O)CNC(=O)C(C)(C)C. The molecule has 0 radical (unpaired) electrons. The number of hydrogen-bond acceptors (Lipinski definition) is 4. The number of aliphatic hydroxyl groups excluding tert-OH is 2. The molecule has 4 N–H and O–H groups in total. The Balaban J connectivity index is 4.17. The minimum atomic E-state index is -1.07. The number of amides is 2. The number of hydrogen-bond donors (Lipinski definition) is 4. The van der Waals surface area contributed by atoms with E-state index < -0.39 is 16.9 Å². The van der Waals surface area contributed by atoms with Crippen LogP contribution in [0.4, 0.5) is 0 Å². The van der Waals surface area contributed by atoms with Gasteiger partial charge in [-0.2, -0.15) is 0 Å². The molecular weight excluding hydrogens is 224 g/mol. The molecule has 6 nitrogen and oxygen atoms in total. The molecular formula is C11H22N2O4. The Labute approximate surface area is 101 Å². The number of rotatable bonds is 5. The van der Waals surface area contributed by atoms with Crippen LogP contribution < -0.4 is 10.6 Å². The molecule has 0 saturated heterocycles. The van der Waals surface area contributed by atoms with Crippen LogP contribution in [-0.4, -0.2) is 47.3 Å². The molecule has 0 aliphatic carbocycles. The van der Waals surface area contributed by atoms with E-state index in [1.54, 1.807) is 20.8 Å². The Morgan fingerprint density at radius 1 is 1.06 bits per heavy atom. The third-order valence-electron chi connectivity index (χ3n) is 2.23. The van der Waals surface area contributed by atoms with E-state index >= 15 is 0 Å². The predicted octanol–water partition coefficient (Wildman–Crippen LogP) is -0.992. The number of carbonyl (C=O) groups is 2. The fraction of sp³-hybridized carbons (Fsp3) is 0.818. The van der Waals surface area contributed by atoms with Crippen LogP contribution in [0.3, 0.4) is 0 Å². The van der Waals surface area contributed by atoms with E-state index in [9.17, 15) is 9.59 Å². The minimum absolute atomic E-state index is 0.175. The molecule has 6 heteroatoms. The van der Waals surface area contributed by atoms with E-state index in [1.165, 1.54) is 6.92 Å². The van der Waals surface area contributed by atoms with Crippen molar-refractivity contribution in [2.75, 3.05) is 19.8 Å². The molecule has 0 aromatic rings. The zero-order valence-electron chi connectivity index (χ0n) is 10.8. The van der Waals surface area contributed by atoms with Crippen LogP contribution in [-0.2, 0) is 9.59 Å². The molecule has 0 bridgehead atoms. The van der Waals surface area contributed by atoms with Gasteiger partial charge in [-0.1, -0.05) is 20.8 Å². The van der Waals surface area contributed by atoms with Crippen molar-refractivity contribution in [1.29, 1.82) is 0 Å². The summed E-state index contributed by atoms with van der Waals surface area (Å²) in [6.45, 7) is 5.82. The van der Waals surface area contributed by atoms with Crippen LogP contribution in [0.5, 0.6) is 0 Å². The average molecular weight is 246 g/mol. The van der Waals surface area contributed by atoms with Gasteiger partial charge in [-0.25, -0.2) is 0 Å². The molecule has 0 aromatic heterocycles. The molecule has 0 atom stereocenters. The maximum Gasteiger partial charge on any atom is 0.239 e. The molecule has 0 fully saturated rings. The monoisotopic (exact) mass is 246 g/mol. The third-order valence-corrected chi connectivity index (χ3v) is 2.23. The molecule has 0 saturated carbocycles. The molecule has 0 spiro atoms. The first-order valence-corrected chi connectivity index (χ1v) is 5.45. The van der Waals surface area contributed by atoms with Gasteiger partial charge in [0.15, 0.2) is 0 Å². The van der Waals surface area contributed by atoms with Crippen LogP contribution in [0, 0.1) is 5.41 Å². The summed E-state index contributed by atoms with van der Waals surface area (Å²) >= 11 is 0. The van der Waals surface area contributed by atoms with E-state index in [4.69, 9.17) is 10.2 Å². The predicted molar refractivity (Wildman–Crippen MR) is 63.2 cm³/mol. The fourth-order valence-corrected chi connectivity index (χ4v) is 0.936. The van der Waals surface area contributed by atoms with Gasteiger partial charge >= 0.3 is 0 Å². The van der Waals surface area contributed by atoms with Crippen molar-refractivity contribution in [3.05, 3.63) is 0 Å². The summed E-state index contributed by atoms with van der Waals surface area (Å²) in [4.78, 5) is 22.9. The molecule has 17 heavy (non-hydrogen) atoms. The van der Waals surface area contributed by atoms with E-state index in [0.29, 0.717) is 0 Å². The second kappa shape index (κ2) is 5.97. The van der Waals surface area contributed by atoms with Gasteiger partial charge in [0.1, 0.15) is 0 Å². The third kappa shape index (κ3) is 5.65. The van der Waals surface area contributed by atoms with Crippen molar-refractivity contribution < 1.29 is 19.8 Å².